The molecule has 1 atom stereocenters. The minimum atomic E-state index is -4.76. The number of aliphatic hydroxyl groups is 1. The molecule has 1 nitrogen and oxygen atoms in total. The molecule has 19 heavy (non-hydrogen) atoms. The van der Waals surface area contributed by atoms with Crippen molar-refractivity contribution in [3.63, 3.8) is 0 Å². The maximum atomic E-state index is 13.1. The summed E-state index contributed by atoms with van der Waals surface area (Å²) in [6, 6.07) is 11.3. The number of thiophene rings is 1. The standard InChI is InChI=1S/C14H11F3OS/c15-14(16,17)13(18,12-7-4-10-19-12)9-8-11-5-2-1-3-6-11/h1-10,18H/b9-8+/t13-/m1/s1. The molecule has 0 aliphatic carbocycles. The SMILES string of the molecule is O[C@](/C=C/c1ccccc1)(c1cccs1)C(F)(F)F. The van der Waals surface area contributed by atoms with Gasteiger partial charge in [0.15, 0.2) is 0 Å². The zero-order chi connectivity index (χ0) is 13.9. The van der Waals surface area contributed by atoms with E-state index in [0.29, 0.717) is 5.56 Å². The van der Waals surface area contributed by atoms with Crippen LogP contribution in [0.25, 0.3) is 6.08 Å². The lowest BCUT2D eigenvalue weighted by Crippen LogP contribution is -2.39. The minimum absolute atomic E-state index is 0.146. The van der Waals surface area contributed by atoms with Crippen LogP contribution in [0.3, 0.4) is 0 Å². The van der Waals surface area contributed by atoms with E-state index in [4.69, 9.17) is 0 Å². The fraction of sp³-hybridized carbons (Fsp3) is 0.143. The van der Waals surface area contributed by atoms with E-state index in [1.54, 1.807) is 30.3 Å². The van der Waals surface area contributed by atoms with Crippen LogP contribution in [0.5, 0.6) is 0 Å². The van der Waals surface area contributed by atoms with Gasteiger partial charge in [0, 0.05) is 4.88 Å². The van der Waals surface area contributed by atoms with Gasteiger partial charge in [-0.1, -0.05) is 42.5 Å². The van der Waals surface area contributed by atoms with E-state index < -0.39 is 11.8 Å². The summed E-state index contributed by atoms with van der Waals surface area (Å²) >= 11 is 0.871. The molecule has 2 aromatic rings. The molecule has 0 unspecified atom stereocenters. The van der Waals surface area contributed by atoms with Crippen LogP contribution in [0.1, 0.15) is 10.4 Å². The first kappa shape index (κ1) is 13.8. The van der Waals surface area contributed by atoms with Crippen molar-refractivity contribution in [3.8, 4) is 0 Å². The summed E-state index contributed by atoms with van der Waals surface area (Å²) in [5, 5.41) is 11.5. The van der Waals surface area contributed by atoms with Crippen LogP contribution in [0, 0.1) is 0 Å². The molecule has 0 fully saturated rings. The second-order valence-electron chi connectivity index (χ2n) is 3.99. The highest BCUT2D eigenvalue weighted by atomic mass is 32.1. The van der Waals surface area contributed by atoms with Gasteiger partial charge in [-0.15, -0.1) is 11.3 Å². The Hall–Kier alpha value is -1.59. The van der Waals surface area contributed by atoms with E-state index >= 15 is 0 Å². The van der Waals surface area contributed by atoms with Crippen molar-refractivity contribution in [2.45, 2.75) is 11.8 Å². The molecule has 2 rings (SSSR count). The van der Waals surface area contributed by atoms with Crippen LogP contribution in [0.15, 0.2) is 53.9 Å². The highest BCUT2D eigenvalue weighted by molar-refractivity contribution is 7.10. The van der Waals surface area contributed by atoms with E-state index in [0.717, 1.165) is 17.4 Å². The Labute approximate surface area is 112 Å². The Bertz CT molecular complexity index is 546. The van der Waals surface area contributed by atoms with Gasteiger partial charge >= 0.3 is 6.18 Å². The van der Waals surface area contributed by atoms with Gasteiger partial charge in [-0.05, 0) is 23.1 Å². The molecule has 0 saturated carbocycles. The predicted molar refractivity (Wildman–Crippen MR) is 69.7 cm³/mol. The Morgan fingerprint density at radius 2 is 1.68 bits per heavy atom. The molecule has 5 heteroatoms. The van der Waals surface area contributed by atoms with Gasteiger partial charge in [-0.3, -0.25) is 0 Å². The topological polar surface area (TPSA) is 20.2 Å². The number of hydrogen-bond acceptors (Lipinski definition) is 2. The summed E-state index contributed by atoms with van der Waals surface area (Å²) in [6.45, 7) is 0. The molecule has 0 radical (unpaired) electrons. The maximum absolute atomic E-state index is 13.1. The monoisotopic (exact) mass is 284 g/mol. The molecule has 1 aromatic carbocycles. The fourth-order valence-electron chi connectivity index (χ4n) is 1.59. The normalized spacial score (nSPS) is 15.6. The van der Waals surface area contributed by atoms with E-state index in [9.17, 15) is 18.3 Å². The third-order valence-electron chi connectivity index (χ3n) is 2.65. The van der Waals surface area contributed by atoms with Crippen molar-refractivity contribution >= 4 is 17.4 Å². The Balaban J connectivity index is 2.38. The average Bonchev–Trinajstić information content (AvgIpc) is 2.90. The summed E-state index contributed by atoms with van der Waals surface area (Å²) in [5.41, 5.74) is -2.35. The second kappa shape index (κ2) is 5.19. The largest absolute Gasteiger partial charge is 0.425 e. The molecule has 0 aliphatic heterocycles. The molecule has 100 valence electrons. The van der Waals surface area contributed by atoms with Crippen LogP contribution in [-0.2, 0) is 5.60 Å². The number of alkyl halides is 3. The van der Waals surface area contributed by atoms with E-state index in [1.165, 1.54) is 23.6 Å². The lowest BCUT2D eigenvalue weighted by atomic mass is 9.99. The second-order valence-corrected chi connectivity index (χ2v) is 4.93. The number of halogens is 3. The summed E-state index contributed by atoms with van der Waals surface area (Å²) in [4.78, 5) is -0.146. The van der Waals surface area contributed by atoms with Crippen LogP contribution in [-0.4, -0.2) is 11.3 Å². The Kier molecular flexibility index (Phi) is 3.78. The quantitative estimate of drug-likeness (QED) is 0.895. The van der Waals surface area contributed by atoms with Gasteiger partial charge in [-0.2, -0.15) is 13.2 Å². The third-order valence-corrected chi connectivity index (χ3v) is 3.64. The number of rotatable bonds is 3. The summed E-state index contributed by atoms with van der Waals surface area (Å²) in [6.07, 6.45) is -2.70. The van der Waals surface area contributed by atoms with Gasteiger partial charge in [-0.25, -0.2) is 0 Å². The van der Waals surface area contributed by atoms with E-state index in [1.807, 2.05) is 0 Å². The van der Waals surface area contributed by atoms with Crippen molar-refractivity contribution in [1.82, 2.24) is 0 Å². The van der Waals surface area contributed by atoms with Crippen LogP contribution >= 0.6 is 11.3 Å². The summed E-state index contributed by atoms with van der Waals surface area (Å²) < 4.78 is 39.2. The molecular weight excluding hydrogens is 273 g/mol. The third kappa shape index (κ3) is 2.88. The van der Waals surface area contributed by atoms with Crippen molar-refractivity contribution in [3.05, 3.63) is 64.4 Å². The Morgan fingerprint density at radius 1 is 1.00 bits per heavy atom. The van der Waals surface area contributed by atoms with Crippen molar-refractivity contribution in [2.75, 3.05) is 0 Å². The molecule has 0 spiro atoms. The molecular formula is C14H11F3OS. The van der Waals surface area contributed by atoms with Gasteiger partial charge in [0.25, 0.3) is 0 Å². The summed E-state index contributed by atoms with van der Waals surface area (Å²) in [7, 11) is 0. The first-order valence-electron chi connectivity index (χ1n) is 5.51. The molecule has 1 aromatic heterocycles. The van der Waals surface area contributed by atoms with Crippen LogP contribution < -0.4 is 0 Å². The molecule has 1 N–H and O–H groups in total. The first-order chi connectivity index (χ1) is 8.93. The van der Waals surface area contributed by atoms with Gasteiger partial charge in [0.05, 0.1) is 0 Å². The highest BCUT2D eigenvalue weighted by Crippen LogP contribution is 2.42. The molecule has 0 amide bonds. The summed E-state index contributed by atoms with van der Waals surface area (Å²) in [5.74, 6) is 0. The maximum Gasteiger partial charge on any atom is 0.425 e. The van der Waals surface area contributed by atoms with Crippen molar-refractivity contribution in [1.29, 1.82) is 0 Å². The van der Waals surface area contributed by atoms with Gasteiger partial charge < -0.3 is 5.11 Å². The first-order valence-corrected chi connectivity index (χ1v) is 6.39. The lowest BCUT2D eigenvalue weighted by Gasteiger charge is -2.26. The Morgan fingerprint density at radius 3 is 2.21 bits per heavy atom. The van der Waals surface area contributed by atoms with Gasteiger partial charge in [0.1, 0.15) is 0 Å². The minimum Gasteiger partial charge on any atom is -0.372 e. The zero-order valence-electron chi connectivity index (χ0n) is 9.76. The van der Waals surface area contributed by atoms with Crippen molar-refractivity contribution < 1.29 is 18.3 Å². The highest BCUT2D eigenvalue weighted by Gasteiger charge is 2.53. The number of hydrogen-bond donors (Lipinski definition) is 1. The lowest BCUT2D eigenvalue weighted by molar-refractivity contribution is -0.243. The zero-order valence-corrected chi connectivity index (χ0v) is 10.6. The molecule has 0 saturated heterocycles. The molecule has 0 bridgehead atoms. The van der Waals surface area contributed by atoms with Crippen LogP contribution in [0.4, 0.5) is 13.2 Å². The van der Waals surface area contributed by atoms with E-state index in [-0.39, 0.29) is 4.88 Å². The average molecular weight is 284 g/mol. The fourth-order valence-corrected chi connectivity index (χ4v) is 2.42. The van der Waals surface area contributed by atoms with Gasteiger partial charge in [0.2, 0.25) is 5.60 Å². The van der Waals surface area contributed by atoms with Crippen LogP contribution in [0.2, 0.25) is 0 Å². The van der Waals surface area contributed by atoms with Crippen molar-refractivity contribution in [2.24, 2.45) is 0 Å². The molecule has 1 heterocycles. The number of benzene rings is 1. The smallest absolute Gasteiger partial charge is 0.372 e. The predicted octanol–water partition coefficient (Wildman–Crippen LogP) is 4.21. The van der Waals surface area contributed by atoms with E-state index in [2.05, 4.69) is 0 Å². The molecule has 0 aliphatic rings.